The first kappa shape index (κ1) is 12.7. The van der Waals surface area contributed by atoms with Crippen molar-refractivity contribution in [2.45, 2.75) is 56.7 Å². The number of nitrogens with two attached hydrogens (primary N) is 1. The van der Waals surface area contributed by atoms with E-state index in [0.29, 0.717) is 6.04 Å². The van der Waals surface area contributed by atoms with Gasteiger partial charge in [0.2, 0.25) is 0 Å². The summed E-state index contributed by atoms with van der Waals surface area (Å²) in [6.07, 6.45) is 7.46. The zero-order valence-electron chi connectivity index (χ0n) is 12.1. The van der Waals surface area contributed by atoms with Crippen LogP contribution in [0.4, 0.5) is 5.69 Å². The highest BCUT2D eigenvalue weighted by molar-refractivity contribution is 5.51. The van der Waals surface area contributed by atoms with Gasteiger partial charge in [0.15, 0.2) is 0 Å². The Morgan fingerprint density at radius 1 is 1.30 bits per heavy atom. The number of rotatable bonds is 1. The fourth-order valence-corrected chi connectivity index (χ4v) is 4.17. The Balaban J connectivity index is 1.51. The molecule has 1 saturated heterocycles. The fraction of sp³-hybridized carbons (Fsp3) is 0.647. The lowest BCUT2D eigenvalue weighted by atomic mass is 9.73. The van der Waals surface area contributed by atoms with E-state index in [-0.39, 0.29) is 5.60 Å². The summed E-state index contributed by atoms with van der Waals surface area (Å²) in [7, 11) is 0. The van der Waals surface area contributed by atoms with Gasteiger partial charge in [-0.3, -0.25) is 4.90 Å². The summed E-state index contributed by atoms with van der Waals surface area (Å²) in [5, 5.41) is 0. The van der Waals surface area contributed by atoms with Gasteiger partial charge < -0.3 is 10.5 Å². The fourth-order valence-electron chi connectivity index (χ4n) is 4.17. The van der Waals surface area contributed by atoms with Gasteiger partial charge in [-0.15, -0.1) is 0 Å². The molecule has 108 valence electrons. The molecule has 0 amide bonds. The van der Waals surface area contributed by atoms with Crippen LogP contribution >= 0.6 is 0 Å². The van der Waals surface area contributed by atoms with Crippen LogP contribution in [0.25, 0.3) is 0 Å². The van der Waals surface area contributed by atoms with Gasteiger partial charge in [-0.1, -0.05) is 12.1 Å². The van der Waals surface area contributed by atoms with Crippen molar-refractivity contribution in [2.24, 2.45) is 0 Å². The van der Waals surface area contributed by atoms with Crippen molar-refractivity contribution in [1.29, 1.82) is 0 Å². The van der Waals surface area contributed by atoms with E-state index in [1.807, 2.05) is 6.07 Å². The van der Waals surface area contributed by atoms with Crippen molar-refractivity contribution in [3.63, 3.8) is 0 Å². The monoisotopic (exact) mass is 272 g/mol. The van der Waals surface area contributed by atoms with E-state index >= 15 is 0 Å². The molecule has 1 aromatic carbocycles. The van der Waals surface area contributed by atoms with E-state index < -0.39 is 0 Å². The Morgan fingerprint density at radius 2 is 2.20 bits per heavy atom. The largest absolute Gasteiger partial charge is 0.398 e. The highest BCUT2D eigenvalue weighted by atomic mass is 16.5. The summed E-state index contributed by atoms with van der Waals surface area (Å²) in [6, 6.07) is 7.05. The summed E-state index contributed by atoms with van der Waals surface area (Å²) in [4.78, 5) is 2.65. The minimum absolute atomic E-state index is 0.241. The van der Waals surface area contributed by atoms with Gasteiger partial charge in [0.05, 0.1) is 5.60 Å². The van der Waals surface area contributed by atoms with Crippen LogP contribution in [0.5, 0.6) is 0 Å². The first-order chi connectivity index (χ1) is 9.76. The van der Waals surface area contributed by atoms with Crippen LogP contribution in [-0.4, -0.2) is 29.7 Å². The quantitative estimate of drug-likeness (QED) is 0.799. The lowest BCUT2D eigenvalue weighted by Gasteiger charge is -2.50. The Morgan fingerprint density at radius 3 is 3.00 bits per heavy atom. The Labute approximate surface area is 121 Å². The second-order valence-electron chi connectivity index (χ2n) is 6.74. The lowest BCUT2D eigenvalue weighted by molar-refractivity contribution is -0.149. The topological polar surface area (TPSA) is 38.5 Å². The van der Waals surface area contributed by atoms with Crippen molar-refractivity contribution in [2.75, 3.05) is 18.9 Å². The zero-order chi connectivity index (χ0) is 13.6. The normalized spacial score (nSPS) is 28.9. The summed E-state index contributed by atoms with van der Waals surface area (Å²) in [5.41, 5.74) is 10.2. The van der Waals surface area contributed by atoms with Gasteiger partial charge in [0.25, 0.3) is 0 Å². The standard InChI is InChI=1S/C17H24N2O/c18-16-4-1-3-13-5-9-19(12-15(13)16)14-6-10-20-17(11-14)7-2-8-17/h1,3-4,14H,2,5-12,18H2. The Hall–Kier alpha value is -1.06. The first-order valence-corrected chi connectivity index (χ1v) is 8.00. The molecule has 1 saturated carbocycles. The van der Waals surface area contributed by atoms with Crippen LogP contribution in [-0.2, 0) is 17.7 Å². The molecule has 3 nitrogen and oxygen atoms in total. The summed E-state index contributed by atoms with van der Waals surface area (Å²) >= 11 is 0. The van der Waals surface area contributed by atoms with E-state index in [1.54, 1.807) is 0 Å². The van der Waals surface area contributed by atoms with Crippen LogP contribution in [0.15, 0.2) is 18.2 Å². The maximum absolute atomic E-state index is 6.17. The molecule has 1 spiro atoms. The molecule has 0 bridgehead atoms. The molecule has 1 unspecified atom stereocenters. The predicted octanol–water partition coefficient (Wildman–Crippen LogP) is 2.73. The molecular weight excluding hydrogens is 248 g/mol. The average Bonchev–Trinajstić information content (AvgIpc) is 2.46. The van der Waals surface area contributed by atoms with Crippen molar-refractivity contribution < 1.29 is 4.74 Å². The lowest BCUT2D eigenvalue weighted by Crippen LogP contribution is -2.52. The highest BCUT2D eigenvalue weighted by Crippen LogP contribution is 2.44. The zero-order valence-corrected chi connectivity index (χ0v) is 12.1. The molecular formula is C17H24N2O. The number of hydrogen-bond donors (Lipinski definition) is 1. The van der Waals surface area contributed by atoms with Crippen molar-refractivity contribution >= 4 is 5.69 Å². The minimum Gasteiger partial charge on any atom is -0.398 e. The molecule has 2 aliphatic heterocycles. The third-order valence-electron chi connectivity index (χ3n) is 5.59. The van der Waals surface area contributed by atoms with E-state index in [4.69, 9.17) is 10.5 Å². The molecule has 1 aromatic rings. The summed E-state index contributed by atoms with van der Waals surface area (Å²) < 4.78 is 6.06. The minimum atomic E-state index is 0.241. The molecule has 3 heteroatoms. The molecule has 1 atom stereocenters. The van der Waals surface area contributed by atoms with Gasteiger partial charge in [-0.05, 0) is 55.7 Å². The van der Waals surface area contributed by atoms with Crippen molar-refractivity contribution in [1.82, 2.24) is 4.90 Å². The van der Waals surface area contributed by atoms with E-state index in [9.17, 15) is 0 Å². The number of ether oxygens (including phenoxy) is 1. The van der Waals surface area contributed by atoms with Gasteiger partial charge in [0.1, 0.15) is 0 Å². The molecule has 2 heterocycles. The van der Waals surface area contributed by atoms with Crippen LogP contribution in [0, 0.1) is 0 Å². The van der Waals surface area contributed by atoms with E-state index in [0.717, 1.165) is 25.3 Å². The second-order valence-corrected chi connectivity index (χ2v) is 6.74. The number of benzene rings is 1. The second kappa shape index (κ2) is 4.74. The van der Waals surface area contributed by atoms with Gasteiger partial charge >= 0.3 is 0 Å². The average molecular weight is 272 g/mol. The molecule has 3 aliphatic rings. The number of anilines is 1. The first-order valence-electron chi connectivity index (χ1n) is 8.00. The third kappa shape index (κ3) is 2.04. The molecule has 0 aromatic heterocycles. The van der Waals surface area contributed by atoms with Crippen LogP contribution in [0.1, 0.15) is 43.2 Å². The van der Waals surface area contributed by atoms with Gasteiger partial charge in [-0.25, -0.2) is 0 Å². The van der Waals surface area contributed by atoms with Crippen molar-refractivity contribution in [3.8, 4) is 0 Å². The van der Waals surface area contributed by atoms with Gasteiger partial charge in [-0.2, -0.15) is 0 Å². The SMILES string of the molecule is Nc1cccc2c1CN(C1CCOC3(CCC3)C1)CC2. The van der Waals surface area contributed by atoms with Crippen LogP contribution in [0.2, 0.25) is 0 Å². The Bertz CT molecular complexity index is 510. The summed E-state index contributed by atoms with van der Waals surface area (Å²) in [5.74, 6) is 0. The number of hydrogen-bond acceptors (Lipinski definition) is 3. The third-order valence-corrected chi connectivity index (χ3v) is 5.59. The maximum atomic E-state index is 6.17. The molecule has 0 radical (unpaired) electrons. The van der Waals surface area contributed by atoms with E-state index in [1.165, 1.54) is 49.8 Å². The number of nitrogen functional groups attached to an aromatic ring is 1. The predicted molar refractivity (Wildman–Crippen MR) is 80.5 cm³/mol. The van der Waals surface area contributed by atoms with Crippen LogP contribution < -0.4 is 5.73 Å². The molecule has 20 heavy (non-hydrogen) atoms. The number of fused-ring (bicyclic) bond motifs is 1. The molecule has 2 fully saturated rings. The molecule has 4 rings (SSSR count). The molecule has 2 N–H and O–H groups in total. The smallest absolute Gasteiger partial charge is 0.0697 e. The molecule has 1 aliphatic carbocycles. The summed E-state index contributed by atoms with van der Waals surface area (Å²) in [6.45, 7) is 3.15. The highest BCUT2D eigenvalue weighted by Gasteiger charge is 2.44. The number of nitrogens with zero attached hydrogens (tertiary/aromatic N) is 1. The van der Waals surface area contributed by atoms with Crippen LogP contribution in [0.3, 0.4) is 0 Å². The van der Waals surface area contributed by atoms with Crippen molar-refractivity contribution in [3.05, 3.63) is 29.3 Å². The van der Waals surface area contributed by atoms with Gasteiger partial charge in [0, 0.05) is 31.4 Å². The maximum Gasteiger partial charge on any atom is 0.0697 e. The Kier molecular flexibility index (Phi) is 3.00. The van der Waals surface area contributed by atoms with E-state index in [2.05, 4.69) is 17.0 Å².